The summed E-state index contributed by atoms with van der Waals surface area (Å²) < 4.78 is 46.5. The van der Waals surface area contributed by atoms with Crippen LogP contribution in [0.2, 0.25) is 0 Å². The normalized spacial score (nSPS) is 10.9. The quantitative estimate of drug-likeness (QED) is 0.299. The summed E-state index contributed by atoms with van der Waals surface area (Å²) in [5.41, 5.74) is 1.92. The van der Waals surface area contributed by atoms with Gasteiger partial charge >= 0.3 is 6.18 Å². The number of nitrogens with zero attached hydrogens (tertiary/aromatic N) is 3. The van der Waals surface area contributed by atoms with Crippen LogP contribution in [0.5, 0.6) is 0 Å². The number of fused-ring (bicyclic) bond motifs is 1. The van der Waals surface area contributed by atoms with Crippen LogP contribution >= 0.6 is 11.9 Å². The van der Waals surface area contributed by atoms with E-state index >= 15 is 0 Å². The van der Waals surface area contributed by atoms with Gasteiger partial charge in [-0.05, 0) is 67.3 Å². The number of methoxy groups -OCH3 is 1. The lowest BCUT2D eigenvalue weighted by atomic mass is 10.1. The summed E-state index contributed by atoms with van der Waals surface area (Å²) in [5, 5.41) is 11.3. The zero-order chi connectivity index (χ0) is 28.9. The fourth-order valence-electron chi connectivity index (χ4n) is 2.94. The minimum absolute atomic E-state index is 0.266. The number of aliphatic hydroxyl groups is 1. The molecule has 38 heavy (non-hydrogen) atoms. The molecule has 0 aliphatic rings. The average Bonchev–Trinajstić information content (AvgIpc) is 3.25. The van der Waals surface area contributed by atoms with Gasteiger partial charge in [0.2, 0.25) is 11.7 Å². The van der Waals surface area contributed by atoms with E-state index in [2.05, 4.69) is 35.8 Å². The Labute approximate surface area is 227 Å². The lowest BCUT2D eigenvalue weighted by molar-refractivity contribution is -0.146. The molecule has 0 spiro atoms. The molecule has 0 aliphatic carbocycles. The van der Waals surface area contributed by atoms with Gasteiger partial charge in [0.25, 0.3) is 0 Å². The van der Waals surface area contributed by atoms with E-state index < -0.39 is 24.5 Å². The second-order valence-electron chi connectivity index (χ2n) is 8.48. The Morgan fingerprint density at radius 1 is 1.16 bits per heavy atom. The van der Waals surface area contributed by atoms with Crippen LogP contribution in [-0.2, 0) is 22.8 Å². The largest absolute Gasteiger partial charge is 0.449 e. The fraction of sp³-hybridized carbons (Fsp3) is 0.481. The first-order valence-corrected chi connectivity index (χ1v) is 13.1. The SMILES string of the molecule is CCC(C)CC.CCOC.CN(Sc1ccc(NC(=O)CO)cc1)c1ccc2c(c1)nc(C(F)(F)F)n2C. The van der Waals surface area contributed by atoms with Crippen LogP contribution in [0.25, 0.3) is 11.0 Å². The molecule has 212 valence electrons. The summed E-state index contributed by atoms with van der Waals surface area (Å²) in [5.74, 6) is -0.500. The van der Waals surface area contributed by atoms with Crippen molar-refractivity contribution in [3.05, 3.63) is 48.3 Å². The minimum atomic E-state index is -4.51. The first-order chi connectivity index (χ1) is 17.9. The number of ether oxygens (including phenoxy) is 1. The predicted molar refractivity (Wildman–Crippen MR) is 149 cm³/mol. The molecule has 0 radical (unpaired) electrons. The van der Waals surface area contributed by atoms with Gasteiger partial charge in [-0.3, -0.25) is 4.79 Å². The molecule has 0 fully saturated rings. The summed E-state index contributed by atoms with van der Waals surface area (Å²) in [6.07, 6.45) is -1.85. The lowest BCUT2D eigenvalue weighted by Gasteiger charge is -2.18. The summed E-state index contributed by atoms with van der Waals surface area (Å²) in [6.45, 7) is 8.92. The molecule has 2 N–H and O–H groups in total. The number of hydrogen-bond acceptors (Lipinski definition) is 6. The van der Waals surface area contributed by atoms with Gasteiger partial charge in [0, 0.05) is 44.1 Å². The van der Waals surface area contributed by atoms with Gasteiger partial charge in [-0.25, -0.2) is 4.98 Å². The summed E-state index contributed by atoms with van der Waals surface area (Å²) in [6, 6.07) is 11.9. The third-order valence-corrected chi connectivity index (χ3v) is 6.66. The van der Waals surface area contributed by atoms with Crippen LogP contribution < -0.4 is 9.62 Å². The molecule has 0 bridgehead atoms. The number of benzene rings is 2. The summed E-state index contributed by atoms with van der Waals surface area (Å²) in [7, 11) is 4.81. The molecule has 3 rings (SSSR count). The summed E-state index contributed by atoms with van der Waals surface area (Å²) in [4.78, 5) is 15.8. The Hall–Kier alpha value is -2.76. The van der Waals surface area contributed by atoms with Gasteiger partial charge in [0.1, 0.15) is 6.61 Å². The molecule has 11 heteroatoms. The first kappa shape index (κ1) is 33.3. The molecule has 3 aromatic rings. The number of aliphatic hydroxyl groups excluding tert-OH is 1. The number of imidazole rings is 1. The molecule has 2 aromatic carbocycles. The van der Waals surface area contributed by atoms with Crippen LogP contribution in [0.4, 0.5) is 24.5 Å². The van der Waals surface area contributed by atoms with Crippen LogP contribution in [-0.4, -0.2) is 47.9 Å². The van der Waals surface area contributed by atoms with Crippen molar-refractivity contribution >= 4 is 40.3 Å². The summed E-state index contributed by atoms with van der Waals surface area (Å²) >= 11 is 1.37. The van der Waals surface area contributed by atoms with Gasteiger partial charge in [0.15, 0.2) is 0 Å². The number of anilines is 2. The number of alkyl halides is 3. The van der Waals surface area contributed by atoms with Gasteiger partial charge in [-0.1, -0.05) is 33.6 Å². The highest BCUT2D eigenvalue weighted by atomic mass is 32.2. The number of hydrogen-bond donors (Lipinski definition) is 2. The molecule has 1 amide bonds. The smallest absolute Gasteiger partial charge is 0.387 e. The predicted octanol–water partition coefficient (Wildman–Crippen LogP) is 6.76. The molecule has 1 aromatic heterocycles. The van der Waals surface area contributed by atoms with Gasteiger partial charge in [-0.2, -0.15) is 13.2 Å². The second-order valence-corrected chi connectivity index (χ2v) is 9.69. The van der Waals surface area contributed by atoms with Crippen molar-refractivity contribution in [1.29, 1.82) is 0 Å². The highest BCUT2D eigenvalue weighted by Crippen LogP contribution is 2.34. The van der Waals surface area contributed by atoms with E-state index in [1.54, 1.807) is 56.6 Å². The lowest BCUT2D eigenvalue weighted by Crippen LogP contribution is -2.15. The Bertz CT molecular complexity index is 1120. The maximum absolute atomic E-state index is 13.0. The monoisotopic (exact) mass is 556 g/mol. The Morgan fingerprint density at radius 3 is 2.18 bits per heavy atom. The molecule has 0 unspecified atom stereocenters. The van der Waals surface area contributed by atoms with Crippen LogP contribution in [0.3, 0.4) is 0 Å². The van der Waals surface area contributed by atoms with Crippen molar-refractivity contribution < 1.29 is 27.8 Å². The highest BCUT2D eigenvalue weighted by Gasteiger charge is 2.36. The second kappa shape index (κ2) is 16.3. The van der Waals surface area contributed by atoms with E-state index in [1.165, 1.54) is 31.8 Å². The topological polar surface area (TPSA) is 79.6 Å². The van der Waals surface area contributed by atoms with Crippen LogP contribution in [0.1, 0.15) is 46.4 Å². The molecular formula is C27H39F3N4O3S. The fourth-order valence-corrected chi connectivity index (χ4v) is 3.73. The molecule has 1 heterocycles. The Morgan fingerprint density at radius 2 is 1.74 bits per heavy atom. The van der Waals surface area contributed by atoms with Crippen molar-refractivity contribution in [2.45, 2.75) is 51.6 Å². The number of nitrogens with one attached hydrogen (secondary N) is 1. The number of amides is 1. The van der Waals surface area contributed by atoms with E-state index in [0.29, 0.717) is 16.9 Å². The molecule has 0 saturated heterocycles. The highest BCUT2D eigenvalue weighted by molar-refractivity contribution is 8.00. The van der Waals surface area contributed by atoms with E-state index in [9.17, 15) is 18.0 Å². The number of aromatic nitrogens is 2. The third kappa shape index (κ3) is 10.5. The van der Waals surface area contributed by atoms with E-state index in [0.717, 1.165) is 22.0 Å². The van der Waals surface area contributed by atoms with Crippen LogP contribution in [0, 0.1) is 5.92 Å². The maximum atomic E-state index is 13.0. The number of aryl methyl sites for hydroxylation is 1. The number of carbonyl (C=O) groups is 1. The van der Waals surface area contributed by atoms with Gasteiger partial charge in [-0.15, -0.1) is 0 Å². The third-order valence-electron chi connectivity index (χ3n) is 5.69. The van der Waals surface area contributed by atoms with Crippen molar-refractivity contribution in [2.24, 2.45) is 13.0 Å². The molecular weight excluding hydrogens is 517 g/mol. The van der Waals surface area contributed by atoms with E-state index in [-0.39, 0.29) is 5.52 Å². The number of rotatable bonds is 8. The minimum Gasteiger partial charge on any atom is -0.387 e. The van der Waals surface area contributed by atoms with E-state index in [4.69, 9.17) is 5.11 Å². The Kier molecular flexibility index (Phi) is 14.2. The molecule has 0 atom stereocenters. The molecule has 7 nitrogen and oxygen atoms in total. The average molecular weight is 557 g/mol. The maximum Gasteiger partial charge on any atom is 0.449 e. The zero-order valence-electron chi connectivity index (χ0n) is 23.1. The standard InChI is InChI=1S/C18H17F3N4O2S.C6H14.C3H8O/c1-24-15-8-5-12(9-14(15)23-17(24)18(19,20)21)25(2)28-13-6-3-11(4-7-13)22-16(27)10-26;1-4-6(3)5-2;1-3-4-2/h3-9,26H,10H2,1-2H3,(H,22,27);6H,4-5H2,1-3H3;3H2,1-2H3. The Balaban J connectivity index is 0.000000616. The first-order valence-electron chi connectivity index (χ1n) is 12.4. The molecule has 0 saturated carbocycles. The molecule has 0 aliphatic heterocycles. The van der Waals surface area contributed by atoms with Crippen molar-refractivity contribution in [2.75, 3.05) is 37.0 Å². The zero-order valence-corrected chi connectivity index (χ0v) is 23.9. The number of halogens is 3. The van der Waals surface area contributed by atoms with Crippen molar-refractivity contribution in [3.8, 4) is 0 Å². The van der Waals surface area contributed by atoms with E-state index in [1.807, 2.05) is 11.2 Å². The van der Waals surface area contributed by atoms with Gasteiger partial charge < -0.3 is 24.0 Å². The van der Waals surface area contributed by atoms with Crippen LogP contribution in [0.15, 0.2) is 47.4 Å². The number of carbonyl (C=O) groups excluding carboxylic acids is 1. The van der Waals surface area contributed by atoms with Crippen molar-refractivity contribution in [1.82, 2.24) is 9.55 Å². The van der Waals surface area contributed by atoms with Gasteiger partial charge in [0.05, 0.1) is 11.0 Å². The van der Waals surface area contributed by atoms with Crippen molar-refractivity contribution in [3.63, 3.8) is 0 Å².